The third-order valence-corrected chi connectivity index (χ3v) is 3.17. The van der Waals surface area contributed by atoms with Crippen molar-refractivity contribution in [3.63, 3.8) is 0 Å². The first-order valence-electron chi connectivity index (χ1n) is 5.55. The van der Waals surface area contributed by atoms with Gasteiger partial charge in [-0.15, -0.1) is 11.8 Å². The van der Waals surface area contributed by atoms with Crippen LogP contribution in [0, 0.1) is 11.8 Å². The van der Waals surface area contributed by atoms with Crippen molar-refractivity contribution >= 4 is 11.8 Å². The Kier molecular flexibility index (Phi) is 4.77. The molecule has 0 fully saturated rings. The second-order valence-electron chi connectivity index (χ2n) is 3.54. The standard InChI is InChI=1S/C14H13N3S/c15-6-2-5-12-3-1-4-13(9-12)11-18-14-10-16-7-8-17-14/h1,3-4,7-10H,6,11,15H2. The van der Waals surface area contributed by atoms with Crippen LogP contribution >= 0.6 is 11.8 Å². The summed E-state index contributed by atoms with van der Waals surface area (Å²) in [7, 11) is 0. The summed E-state index contributed by atoms with van der Waals surface area (Å²) in [4.78, 5) is 8.26. The molecule has 0 aliphatic heterocycles. The van der Waals surface area contributed by atoms with Gasteiger partial charge >= 0.3 is 0 Å². The molecule has 0 aliphatic carbocycles. The summed E-state index contributed by atoms with van der Waals surface area (Å²) in [5.74, 6) is 6.74. The van der Waals surface area contributed by atoms with E-state index >= 15 is 0 Å². The van der Waals surface area contributed by atoms with Gasteiger partial charge in [-0.1, -0.05) is 24.0 Å². The number of benzene rings is 1. The second kappa shape index (κ2) is 6.80. The van der Waals surface area contributed by atoms with Gasteiger partial charge in [0.15, 0.2) is 0 Å². The fourth-order valence-corrected chi connectivity index (χ4v) is 2.17. The molecule has 2 N–H and O–H groups in total. The van der Waals surface area contributed by atoms with E-state index in [2.05, 4.69) is 33.9 Å². The minimum Gasteiger partial charge on any atom is -0.320 e. The Morgan fingerprint density at radius 1 is 1.28 bits per heavy atom. The van der Waals surface area contributed by atoms with Crippen molar-refractivity contribution in [3.8, 4) is 11.8 Å². The highest BCUT2D eigenvalue weighted by Gasteiger charge is 1.98. The van der Waals surface area contributed by atoms with Gasteiger partial charge in [-0.05, 0) is 17.7 Å². The maximum atomic E-state index is 5.36. The average Bonchev–Trinajstić information content (AvgIpc) is 2.44. The number of hydrogen-bond donors (Lipinski definition) is 1. The highest BCUT2D eigenvalue weighted by molar-refractivity contribution is 7.98. The number of nitrogens with two attached hydrogens (primary N) is 1. The molecule has 1 heterocycles. The minimum atomic E-state index is 0.387. The van der Waals surface area contributed by atoms with Crippen LogP contribution in [-0.2, 0) is 5.75 Å². The molecule has 1 aromatic heterocycles. The fraction of sp³-hybridized carbons (Fsp3) is 0.143. The Morgan fingerprint density at radius 3 is 3.00 bits per heavy atom. The molecule has 0 spiro atoms. The second-order valence-corrected chi connectivity index (χ2v) is 4.53. The summed E-state index contributed by atoms with van der Waals surface area (Å²) in [5.41, 5.74) is 7.57. The highest BCUT2D eigenvalue weighted by atomic mass is 32.2. The predicted molar refractivity (Wildman–Crippen MR) is 74.0 cm³/mol. The quantitative estimate of drug-likeness (QED) is 0.674. The zero-order valence-corrected chi connectivity index (χ0v) is 10.7. The first-order valence-corrected chi connectivity index (χ1v) is 6.54. The molecule has 0 bridgehead atoms. The van der Waals surface area contributed by atoms with Crippen LogP contribution in [0.5, 0.6) is 0 Å². The van der Waals surface area contributed by atoms with Crippen molar-refractivity contribution in [2.45, 2.75) is 10.8 Å². The smallest absolute Gasteiger partial charge is 0.115 e. The van der Waals surface area contributed by atoms with Crippen LogP contribution in [-0.4, -0.2) is 16.5 Å². The van der Waals surface area contributed by atoms with Crippen molar-refractivity contribution in [3.05, 3.63) is 54.0 Å². The molecule has 4 heteroatoms. The first-order chi connectivity index (χ1) is 8.88. The van der Waals surface area contributed by atoms with Gasteiger partial charge in [0.25, 0.3) is 0 Å². The molecule has 1 aromatic carbocycles. The van der Waals surface area contributed by atoms with E-state index < -0.39 is 0 Å². The Morgan fingerprint density at radius 2 is 2.22 bits per heavy atom. The van der Waals surface area contributed by atoms with Crippen LogP contribution in [0.4, 0.5) is 0 Å². The topological polar surface area (TPSA) is 51.8 Å². The van der Waals surface area contributed by atoms with Gasteiger partial charge in [0.2, 0.25) is 0 Å². The normalized spacial score (nSPS) is 9.61. The van der Waals surface area contributed by atoms with Gasteiger partial charge in [-0.2, -0.15) is 0 Å². The van der Waals surface area contributed by atoms with E-state index in [1.165, 1.54) is 5.56 Å². The number of aromatic nitrogens is 2. The van der Waals surface area contributed by atoms with E-state index in [1.54, 1.807) is 30.4 Å². The fourth-order valence-electron chi connectivity index (χ4n) is 1.41. The minimum absolute atomic E-state index is 0.387. The first kappa shape index (κ1) is 12.6. The zero-order valence-electron chi connectivity index (χ0n) is 9.84. The van der Waals surface area contributed by atoms with E-state index in [4.69, 9.17) is 5.73 Å². The maximum Gasteiger partial charge on any atom is 0.115 e. The molecule has 18 heavy (non-hydrogen) atoms. The lowest BCUT2D eigenvalue weighted by molar-refractivity contribution is 1.05. The largest absolute Gasteiger partial charge is 0.320 e. The van der Waals surface area contributed by atoms with E-state index in [-0.39, 0.29) is 0 Å². The van der Waals surface area contributed by atoms with Crippen molar-refractivity contribution < 1.29 is 0 Å². The lowest BCUT2D eigenvalue weighted by atomic mass is 10.1. The Hall–Kier alpha value is -1.83. The Balaban J connectivity index is 2.01. The molecule has 0 amide bonds. The number of rotatable bonds is 3. The molecule has 0 saturated carbocycles. The van der Waals surface area contributed by atoms with E-state index in [9.17, 15) is 0 Å². The summed E-state index contributed by atoms with van der Waals surface area (Å²) in [6.07, 6.45) is 5.14. The van der Waals surface area contributed by atoms with E-state index in [0.29, 0.717) is 6.54 Å². The summed E-state index contributed by atoms with van der Waals surface area (Å²) >= 11 is 1.66. The monoisotopic (exact) mass is 255 g/mol. The van der Waals surface area contributed by atoms with Gasteiger partial charge in [-0.25, -0.2) is 4.98 Å². The molecule has 0 unspecified atom stereocenters. The summed E-state index contributed by atoms with van der Waals surface area (Å²) < 4.78 is 0. The van der Waals surface area contributed by atoms with Crippen LogP contribution in [0.1, 0.15) is 11.1 Å². The number of nitrogens with zero attached hydrogens (tertiary/aromatic N) is 2. The molecule has 2 aromatic rings. The van der Waals surface area contributed by atoms with Crippen molar-refractivity contribution in [1.29, 1.82) is 0 Å². The molecule has 0 radical (unpaired) electrons. The third-order valence-electron chi connectivity index (χ3n) is 2.19. The molecule has 3 nitrogen and oxygen atoms in total. The van der Waals surface area contributed by atoms with Crippen molar-refractivity contribution in [2.75, 3.05) is 6.54 Å². The van der Waals surface area contributed by atoms with Gasteiger partial charge in [0.05, 0.1) is 12.7 Å². The SMILES string of the molecule is NCC#Cc1cccc(CSc2cnccn2)c1. The molecule has 2 rings (SSSR count). The third kappa shape index (κ3) is 3.88. The molecular formula is C14H13N3S. The van der Waals surface area contributed by atoms with E-state index in [0.717, 1.165) is 16.3 Å². The maximum absolute atomic E-state index is 5.36. The van der Waals surface area contributed by atoms with Gasteiger partial charge in [0.1, 0.15) is 5.03 Å². The molecule has 90 valence electrons. The van der Waals surface area contributed by atoms with Gasteiger partial charge < -0.3 is 5.73 Å². The Labute approximate surface area is 111 Å². The average molecular weight is 255 g/mol. The molecule has 0 atom stereocenters. The summed E-state index contributed by atoms with van der Waals surface area (Å²) in [6, 6.07) is 8.15. The molecule has 0 saturated heterocycles. The predicted octanol–water partition coefficient (Wildman–Crippen LogP) is 2.08. The van der Waals surface area contributed by atoms with Gasteiger partial charge in [-0.3, -0.25) is 4.98 Å². The van der Waals surface area contributed by atoms with Crippen LogP contribution in [0.2, 0.25) is 0 Å². The van der Waals surface area contributed by atoms with Crippen LogP contribution in [0.3, 0.4) is 0 Å². The summed E-state index contributed by atoms with van der Waals surface area (Å²) in [5, 5.41) is 0.927. The van der Waals surface area contributed by atoms with Crippen LogP contribution in [0.15, 0.2) is 47.9 Å². The Bertz CT molecular complexity index is 558. The lowest BCUT2D eigenvalue weighted by Crippen LogP contribution is -1.93. The van der Waals surface area contributed by atoms with Crippen LogP contribution < -0.4 is 5.73 Å². The summed E-state index contributed by atoms with van der Waals surface area (Å²) in [6.45, 7) is 0.387. The van der Waals surface area contributed by atoms with E-state index in [1.807, 2.05) is 12.1 Å². The number of hydrogen-bond acceptors (Lipinski definition) is 4. The van der Waals surface area contributed by atoms with Crippen molar-refractivity contribution in [1.82, 2.24) is 9.97 Å². The number of thioether (sulfide) groups is 1. The molecular weight excluding hydrogens is 242 g/mol. The highest BCUT2D eigenvalue weighted by Crippen LogP contribution is 2.19. The lowest BCUT2D eigenvalue weighted by Gasteiger charge is -2.01. The van der Waals surface area contributed by atoms with Crippen molar-refractivity contribution in [2.24, 2.45) is 5.73 Å². The van der Waals surface area contributed by atoms with Crippen LogP contribution in [0.25, 0.3) is 0 Å². The molecule has 0 aliphatic rings. The van der Waals surface area contributed by atoms with Gasteiger partial charge in [0, 0.05) is 23.7 Å². The zero-order chi connectivity index (χ0) is 12.6.